The van der Waals surface area contributed by atoms with Crippen LogP contribution in [0.25, 0.3) is 6.08 Å². The third-order valence-corrected chi connectivity index (χ3v) is 1.68. The molecule has 0 aliphatic rings. The smallest absolute Gasteiger partial charge is 0.478 e. The zero-order valence-corrected chi connectivity index (χ0v) is 8.36. The molecular formula is C10H8F3NO3. The van der Waals surface area contributed by atoms with Gasteiger partial charge in [-0.2, -0.15) is 0 Å². The fourth-order valence-corrected chi connectivity index (χ4v) is 1.06. The second-order valence-corrected chi connectivity index (χ2v) is 3.02. The highest BCUT2D eigenvalue weighted by Gasteiger charge is 2.31. The minimum absolute atomic E-state index is 0.227. The SMILES string of the molecule is Nc1cc(C=CC(=O)O)ccc1OC(F)(F)F. The standard InChI is InChI=1S/C10H8F3NO3/c11-10(12,13)17-8-3-1-6(5-7(8)14)2-4-9(15)16/h1-5H,14H2,(H,15,16). The van der Waals surface area contributed by atoms with Crippen LogP contribution in [0.5, 0.6) is 5.75 Å². The molecule has 0 atom stereocenters. The Kier molecular flexibility index (Phi) is 3.62. The zero-order chi connectivity index (χ0) is 13.1. The lowest BCUT2D eigenvalue weighted by atomic mass is 10.2. The molecule has 0 aliphatic carbocycles. The number of halogens is 3. The summed E-state index contributed by atoms with van der Waals surface area (Å²) in [5.41, 5.74) is 5.46. The van der Waals surface area contributed by atoms with Crippen LogP contribution < -0.4 is 10.5 Å². The summed E-state index contributed by atoms with van der Waals surface area (Å²) in [6.45, 7) is 0. The number of alkyl halides is 3. The van der Waals surface area contributed by atoms with Crippen LogP contribution in [0.3, 0.4) is 0 Å². The third kappa shape index (κ3) is 4.45. The Labute approximate surface area is 94.1 Å². The van der Waals surface area contributed by atoms with Crippen molar-refractivity contribution in [3.05, 3.63) is 29.8 Å². The Morgan fingerprint density at radius 1 is 1.41 bits per heavy atom. The molecule has 7 heteroatoms. The van der Waals surface area contributed by atoms with Crippen molar-refractivity contribution < 1.29 is 27.8 Å². The summed E-state index contributed by atoms with van der Waals surface area (Å²) in [4.78, 5) is 10.2. The molecule has 0 heterocycles. The maximum Gasteiger partial charge on any atom is 0.573 e. The fraction of sp³-hybridized carbons (Fsp3) is 0.100. The van der Waals surface area contributed by atoms with Crippen LogP contribution in [0, 0.1) is 0 Å². The predicted octanol–water partition coefficient (Wildman–Crippen LogP) is 2.27. The molecule has 1 rings (SSSR count). The quantitative estimate of drug-likeness (QED) is 0.634. The second kappa shape index (κ2) is 4.77. The van der Waals surface area contributed by atoms with Gasteiger partial charge in [0.1, 0.15) is 0 Å². The van der Waals surface area contributed by atoms with Crippen molar-refractivity contribution in [2.45, 2.75) is 6.36 Å². The summed E-state index contributed by atoms with van der Waals surface area (Å²) in [6.07, 6.45) is -2.76. The lowest BCUT2D eigenvalue weighted by Crippen LogP contribution is -2.18. The molecule has 92 valence electrons. The average molecular weight is 247 g/mol. The summed E-state index contributed by atoms with van der Waals surface area (Å²) >= 11 is 0. The molecule has 1 aromatic carbocycles. The highest BCUT2D eigenvalue weighted by molar-refractivity contribution is 5.85. The topological polar surface area (TPSA) is 72.6 Å². The van der Waals surface area contributed by atoms with Gasteiger partial charge in [-0.1, -0.05) is 6.07 Å². The Bertz CT molecular complexity index is 455. The van der Waals surface area contributed by atoms with Gasteiger partial charge in [0, 0.05) is 6.08 Å². The third-order valence-electron chi connectivity index (χ3n) is 1.68. The molecule has 17 heavy (non-hydrogen) atoms. The molecule has 0 amide bonds. The number of hydrogen-bond donors (Lipinski definition) is 2. The minimum atomic E-state index is -4.81. The molecule has 0 aromatic heterocycles. The first kappa shape index (κ1) is 12.9. The number of anilines is 1. The highest BCUT2D eigenvalue weighted by Crippen LogP contribution is 2.29. The van der Waals surface area contributed by atoms with Crippen molar-refractivity contribution in [3.63, 3.8) is 0 Å². The van der Waals surface area contributed by atoms with Gasteiger partial charge in [-0.15, -0.1) is 13.2 Å². The summed E-state index contributed by atoms with van der Waals surface area (Å²) in [6, 6.07) is 3.46. The van der Waals surface area contributed by atoms with Crippen LogP contribution in [-0.4, -0.2) is 17.4 Å². The number of carbonyl (C=O) groups is 1. The van der Waals surface area contributed by atoms with Crippen molar-refractivity contribution in [2.24, 2.45) is 0 Å². The zero-order valence-electron chi connectivity index (χ0n) is 8.36. The second-order valence-electron chi connectivity index (χ2n) is 3.02. The van der Waals surface area contributed by atoms with Gasteiger partial charge in [-0.25, -0.2) is 4.79 Å². The van der Waals surface area contributed by atoms with E-state index >= 15 is 0 Å². The maximum atomic E-state index is 11.9. The van der Waals surface area contributed by atoms with Gasteiger partial charge in [0.25, 0.3) is 0 Å². The van der Waals surface area contributed by atoms with E-state index in [-0.39, 0.29) is 5.69 Å². The molecule has 0 aliphatic heterocycles. The number of aliphatic carboxylic acids is 1. The van der Waals surface area contributed by atoms with Crippen molar-refractivity contribution in [3.8, 4) is 5.75 Å². The van der Waals surface area contributed by atoms with Crippen molar-refractivity contribution in [2.75, 3.05) is 5.73 Å². The molecule has 0 unspecified atom stereocenters. The van der Waals surface area contributed by atoms with Gasteiger partial charge in [0.2, 0.25) is 0 Å². The number of rotatable bonds is 3. The first-order valence-corrected chi connectivity index (χ1v) is 4.34. The van der Waals surface area contributed by atoms with Gasteiger partial charge >= 0.3 is 12.3 Å². The van der Waals surface area contributed by atoms with Crippen LogP contribution in [-0.2, 0) is 4.79 Å². The molecular weight excluding hydrogens is 239 g/mol. The van der Waals surface area contributed by atoms with Crippen LogP contribution >= 0.6 is 0 Å². The number of carboxylic acids is 1. The summed E-state index contributed by atoms with van der Waals surface area (Å²) in [5, 5.41) is 8.36. The Morgan fingerprint density at radius 2 is 2.06 bits per heavy atom. The Balaban J connectivity index is 2.90. The molecule has 1 aromatic rings. The summed E-state index contributed by atoms with van der Waals surface area (Å²) < 4.78 is 39.4. The van der Waals surface area contributed by atoms with E-state index in [1.54, 1.807) is 0 Å². The van der Waals surface area contributed by atoms with E-state index in [2.05, 4.69) is 4.74 Å². The van der Waals surface area contributed by atoms with E-state index in [0.717, 1.165) is 12.1 Å². The number of nitrogens with two attached hydrogens (primary N) is 1. The number of ether oxygens (including phenoxy) is 1. The minimum Gasteiger partial charge on any atom is -0.478 e. The molecule has 3 N–H and O–H groups in total. The molecule has 0 fully saturated rings. The molecule has 0 spiro atoms. The number of nitrogen functional groups attached to an aromatic ring is 1. The monoisotopic (exact) mass is 247 g/mol. The lowest BCUT2D eigenvalue weighted by molar-refractivity contribution is -0.274. The van der Waals surface area contributed by atoms with Crippen LogP contribution in [0.15, 0.2) is 24.3 Å². The van der Waals surface area contributed by atoms with Crippen LogP contribution in [0.1, 0.15) is 5.56 Å². The van der Waals surface area contributed by atoms with Crippen LogP contribution in [0.4, 0.5) is 18.9 Å². The van der Waals surface area contributed by atoms with Gasteiger partial charge in [-0.05, 0) is 23.8 Å². The van der Waals surface area contributed by atoms with Gasteiger partial charge in [0.05, 0.1) is 5.69 Å². The molecule has 0 saturated carbocycles. The van der Waals surface area contributed by atoms with Crippen molar-refractivity contribution in [1.82, 2.24) is 0 Å². The van der Waals surface area contributed by atoms with E-state index in [9.17, 15) is 18.0 Å². The average Bonchev–Trinajstić information content (AvgIpc) is 2.17. The first-order valence-electron chi connectivity index (χ1n) is 4.34. The van der Waals surface area contributed by atoms with Crippen LogP contribution in [0.2, 0.25) is 0 Å². The van der Waals surface area contributed by atoms with Crippen molar-refractivity contribution >= 4 is 17.7 Å². The molecule has 4 nitrogen and oxygen atoms in total. The maximum absolute atomic E-state index is 11.9. The van der Waals surface area contributed by atoms with E-state index in [1.807, 2.05) is 0 Å². The number of carboxylic acid groups (broad SMARTS) is 1. The van der Waals surface area contributed by atoms with Gasteiger partial charge in [0.15, 0.2) is 5.75 Å². The summed E-state index contributed by atoms with van der Waals surface area (Å²) in [7, 11) is 0. The molecule has 0 saturated heterocycles. The van der Waals surface area contributed by atoms with E-state index in [1.165, 1.54) is 18.2 Å². The van der Waals surface area contributed by atoms with E-state index < -0.39 is 18.1 Å². The molecule has 0 radical (unpaired) electrons. The van der Waals surface area contributed by atoms with E-state index in [4.69, 9.17) is 10.8 Å². The molecule has 0 bridgehead atoms. The number of benzene rings is 1. The summed E-state index contributed by atoms with van der Waals surface area (Å²) in [5.74, 6) is -1.69. The fourth-order valence-electron chi connectivity index (χ4n) is 1.06. The first-order chi connectivity index (χ1) is 7.78. The largest absolute Gasteiger partial charge is 0.573 e. The van der Waals surface area contributed by atoms with Gasteiger partial charge < -0.3 is 15.6 Å². The lowest BCUT2D eigenvalue weighted by Gasteiger charge is -2.11. The Hall–Kier alpha value is -2.18. The Morgan fingerprint density at radius 3 is 2.53 bits per heavy atom. The highest BCUT2D eigenvalue weighted by atomic mass is 19.4. The van der Waals surface area contributed by atoms with E-state index in [0.29, 0.717) is 5.56 Å². The normalized spacial score (nSPS) is 11.7. The predicted molar refractivity (Wildman–Crippen MR) is 54.2 cm³/mol. The van der Waals surface area contributed by atoms with Gasteiger partial charge in [-0.3, -0.25) is 0 Å². The van der Waals surface area contributed by atoms with Crippen molar-refractivity contribution in [1.29, 1.82) is 0 Å². The number of hydrogen-bond acceptors (Lipinski definition) is 3.